The SMILES string of the molecule is CCCCN=C1NC(=O)[C@H](CC(=O)Nc2ccc(Cl)cc2)S1. The molecule has 0 saturated carbocycles. The Bertz CT molecular complexity index is 575. The number of nitrogens with zero attached hydrogens (tertiary/aromatic N) is 1. The molecule has 0 aliphatic carbocycles. The van der Waals surface area contributed by atoms with Crippen LogP contribution in [0.1, 0.15) is 26.2 Å². The minimum Gasteiger partial charge on any atom is -0.326 e. The molecule has 7 heteroatoms. The maximum atomic E-state index is 12.0. The summed E-state index contributed by atoms with van der Waals surface area (Å²) in [5.74, 6) is -0.365. The zero-order valence-electron chi connectivity index (χ0n) is 12.3. The van der Waals surface area contributed by atoms with Gasteiger partial charge in [0.2, 0.25) is 11.8 Å². The summed E-state index contributed by atoms with van der Waals surface area (Å²) in [5.41, 5.74) is 0.662. The van der Waals surface area contributed by atoms with Crippen LogP contribution in [0.4, 0.5) is 5.69 Å². The molecule has 1 fully saturated rings. The molecule has 118 valence electrons. The van der Waals surface area contributed by atoms with Gasteiger partial charge >= 0.3 is 0 Å². The van der Waals surface area contributed by atoms with Gasteiger partial charge in [-0.1, -0.05) is 36.7 Å². The lowest BCUT2D eigenvalue weighted by Crippen LogP contribution is -2.28. The van der Waals surface area contributed by atoms with E-state index < -0.39 is 5.25 Å². The number of nitrogens with one attached hydrogen (secondary N) is 2. The third-order valence-electron chi connectivity index (χ3n) is 3.04. The summed E-state index contributed by atoms with van der Waals surface area (Å²) in [6, 6.07) is 6.85. The molecular weight excluding hydrogens is 322 g/mol. The maximum absolute atomic E-state index is 12.0. The van der Waals surface area contributed by atoms with E-state index in [0.29, 0.717) is 22.4 Å². The van der Waals surface area contributed by atoms with Crippen LogP contribution in [-0.4, -0.2) is 28.8 Å². The fraction of sp³-hybridized carbons (Fsp3) is 0.400. The van der Waals surface area contributed by atoms with Crippen molar-refractivity contribution in [3.8, 4) is 0 Å². The number of amidine groups is 1. The lowest BCUT2D eigenvalue weighted by Gasteiger charge is -2.07. The van der Waals surface area contributed by atoms with Crippen LogP contribution in [-0.2, 0) is 9.59 Å². The molecule has 2 N–H and O–H groups in total. The van der Waals surface area contributed by atoms with Crippen LogP contribution < -0.4 is 10.6 Å². The van der Waals surface area contributed by atoms with Gasteiger partial charge in [0, 0.05) is 23.7 Å². The molecule has 1 aliphatic heterocycles. The molecule has 1 atom stereocenters. The van der Waals surface area contributed by atoms with Crippen molar-refractivity contribution in [3.05, 3.63) is 29.3 Å². The minimum atomic E-state index is -0.423. The van der Waals surface area contributed by atoms with Gasteiger partial charge in [-0.15, -0.1) is 0 Å². The summed E-state index contributed by atoms with van der Waals surface area (Å²) in [6.45, 7) is 2.78. The van der Waals surface area contributed by atoms with Gasteiger partial charge in [-0.05, 0) is 30.7 Å². The smallest absolute Gasteiger partial charge is 0.240 e. The zero-order valence-corrected chi connectivity index (χ0v) is 13.8. The van der Waals surface area contributed by atoms with E-state index in [1.54, 1.807) is 24.3 Å². The Balaban J connectivity index is 1.85. The first-order valence-corrected chi connectivity index (χ1v) is 8.41. The average molecular weight is 340 g/mol. The van der Waals surface area contributed by atoms with Crippen LogP contribution in [0.25, 0.3) is 0 Å². The molecule has 1 aliphatic rings. The molecular formula is C15H18ClN3O2S. The Morgan fingerprint density at radius 2 is 2.14 bits per heavy atom. The number of halogens is 1. The predicted octanol–water partition coefficient (Wildman–Crippen LogP) is 3.06. The standard InChI is InChI=1S/C15H18ClN3O2S/c1-2-3-8-17-15-19-14(21)12(22-15)9-13(20)18-11-6-4-10(16)5-7-11/h4-7,12H,2-3,8-9H2,1H3,(H,18,20)(H,17,19,21)/t12-/m0/s1. The van der Waals surface area contributed by atoms with E-state index >= 15 is 0 Å². The first-order valence-electron chi connectivity index (χ1n) is 7.16. The van der Waals surface area contributed by atoms with E-state index in [2.05, 4.69) is 22.5 Å². The van der Waals surface area contributed by atoms with Gasteiger partial charge in [0.25, 0.3) is 0 Å². The topological polar surface area (TPSA) is 70.6 Å². The maximum Gasteiger partial charge on any atom is 0.240 e. The molecule has 0 spiro atoms. The molecule has 5 nitrogen and oxygen atoms in total. The second-order valence-electron chi connectivity index (χ2n) is 4.90. The van der Waals surface area contributed by atoms with Gasteiger partial charge in [-0.3, -0.25) is 14.6 Å². The number of unbranched alkanes of at least 4 members (excludes halogenated alkanes) is 1. The summed E-state index contributed by atoms with van der Waals surface area (Å²) in [6.07, 6.45) is 2.16. The molecule has 2 amide bonds. The average Bonchev–Trinajstić information content (AvgIpc) is 2.82. The first-order chi connectivity index (χ1) is 10.6. The second kappa shape index (κ2) is 8.19. The second-order valence-corrected chi connectivity index (χ2v) is 6.52. The number of benzene rings is 1. The molecule has 1 heterocycles. The molecule has 1 aromatic carbocycles. The van der Waals surface area contributed by atoms with Crippen LogP contribution >= 0.6 is 23.4 Å². The number of hydrogen-bond donors (Lipinski definition) is 2. The summed E-state index contributed by atoms with van der Waals surface area (Å²) in [5, 5.41) is 6.27. The Morgan fingerprint density at radius 1 is 1.41 bits per heavy atom. The number of amides is 2. The number of thioether (sulfide) groups is 1. The van der Waals surface area contributed by atoms with Crippen molar-refractivity contribution in [1.82, 2.24) is 5.32 Å². The lowest BCUT2D eigenvalue weighted by atomic mass is 10.2. The third kappa shape index (κ3) is 5.03. The zero-order chi connectivity index (χ0) is 15.9. The largest absolute Gasteiger partial charge is 0.326 e. The molecule has 0 aromatic heterocycles. The van der Waals surface area contributed by atoms with Gasteiger partial charge in [0.15, 0.2) is 5.17 Å². The number of hydrogen-bond acceptors (Lipinski definition) is 4. The first kappa shape index (κ1) is 16.8. The Hall–Kier alpha value is -1.53. The summed E-state index contributed by atoms with van der Waals surface area (Å²) >= 11 is 7.11. The highest BCUT2D eigenvalue weighted by Crippen LogP contribution is 2.23. The number of carbonyl (C=O) groups excluding carboxylic acids is 2. The normalized spacial score (nSPS) is 19.3. The van der Waals surface area contributed by atoms with E-state index in [0.717, 1.165) is 12.8 Å². The molecule has 1 saturated heterocycles. The molecule has 0 bridgehead atoms. The van der Waals surface area contributed by atoms with Crippen molar-refractivity contribution in [2.24, 2.45) is 4.99 Å². The highest BCUT2D eigenvalue weighted by atomic mass is 35.5. The predicted molar refractivity (Wildman–Crippen MR) is 91.4 cm³/mol. The molecule has 0 unspecified atom stereocenters. The van der Waals surface area contributed by atoms with Crippen LogP contribution in [0.3, 0.4) is 0 Å². The molecule has 22 heavy (non-hydrogen) atoms. The van der Waals surface area contributed by atoms with Gasteiger partial charge in [-0.2, -0.15) is 0 Å². The highest BCUT2D eigenvalue weighted by molar-refractivity contribution is 8.15. The highest BCUT2D eigenvalue weighted by Gasteiger charge is 2.31. The summed E-state index contributed by atoms with van der Waals surface area (Å²) in [7, 11) is 0. The minimum absolute atomic E-state index is 0.117. The molecule has 1 aromatic rings. The van der Waals surface area contributed by atoms with Crippen LogP contribution in [0.2, 0.25) is 5.02 Å². The Kier molecular flexibility index (Phi) is 6.27. The number of anilines is 1. The van der Waals surface area contributed by atoms with Gasteiger partial charge in [0.1, 0.15) is 5.25 Å². The Morgan fingerprint density at radius 3 is 2.82 bits per heavy atom. The van der Waals surface area contributed by atoms with Gasteiger partial charge in [-0.25, -0.2) is 0 Å². The van der Waals surface area contributed by atoms with Crippen molar-refractivity contribution in [2.75, 3.05) is 11.9 Å². The van der Waals surface area contributed by atoms with Crippen molar-refractivity contribution in [3.63, 3.8) is 0 Å². The fourth-order valence-electron chi connectivity index (χ4n) is 1.87. The third-order valence-corrected chi connectivity index (χ3v) is 4.41. The van der Waals surface area contributed by atoms with E-state index in [4.69, 9.17) is 11.6 Å². The summed E-state index contributed by atoms with van der Waals surface area (Å²) < 4.78 is 0. The van der Waals surface area contributed by atoms with Crippen LogP contribution in [0.15, 0.2) is 29.3 Å². The monoisotopic (exact) mass is 339 g/mol. The van der Waals surface area contributed by atoms with E-state index in [-0.39, 0.29) is 18.2 Å². The Labute approximate surface area is 138 Å². The van der Waals surface area contributed by atoms with Crippen molar-refractivity contribution in [1.29, 1.82) is 0 Å². The fourth-order valence-corrected chi connectivity index (χ4v) is 2.99. The van der Waals surface area contributed by atoms with E-state index in [9.17, 15) is 9.59 Å². The molecule has 2 rings (SSSR count). The summed E-state index contributed by atoms with van der Waals surface area (Å²) in [4.78, 5) is 28.1. The van der Waals surface area contributed by atoms with Crippen LogP contribution in [0.5, 0.6) is 0 Å². The lowest BCUT2D eigenvalue weighted by molar-refractivity contribution is -0.122. The quantitative estimate of drug-likeness (QED) is 0.782. The number of carbonyl (C=O) groups is 2. The van der Waals surface area contributed by atoms with Gasteiger partial charge < -0.3 is 10.6 Å². The number of rotatable bonds is 6. The molecule has 0 radical (unpaired) electrons. The van der Waals surface area contributed by atoms with Crippen LogP contribution in [0, 0.1) is 0 Å². The van der Waals surface area contributed by atoms with Crippen molar-refractivity contribution < 1.29 is 9.59 Å². The van der Waals surface area contributed by atoms with Crippen molar-refractivity contribution >= 4 is 46.0 Å². The van der Waals surface area contributed by atoms with E-state index in [1.165, 1.54) is 11.8 Å². The number of aliphatic imine (C=N–C) groups is 1. The van der Waals surface area contributed by atoms with Crippen molar-refractivity contribution in [2.45, 2.75) is 31.4 Å². The van der Waals surface area contributed by atoms with Gasteiger partial charge in [0.05, 0.1) is 0 Å². The van der Waals surface area contributed by atoms with E-state index in [1.807, 2.05) is 0 Å².